The Morgan fingerprint density at radius 1 is 1.35 bits per heavy atom. The summed E-state index contributed by atoms with van der Waals surface area (Å²) < 4.78 is 6.69. The van der Waals surface area contributed by atoms with Gasteiger partial charge in [-0.15, -0.1) is 12.4 Å². The van der Waals surface area contributed by atoms with Crippen LogP contribution in [0.4, 0.5) is 5.69 Å². The number of anilines is 1. The van der Waals surface area contributed by atoms with Gasteiger partial charge in [0.2, 0.25) is 0 Å². The summed E-state index contributed by atoms with van der Waals surface area (Å²) in [6, 6.07) is 8.66. The Kier molecular flexibility index (Phi) is 5.09. The summed E-state index contributed by atoms with van der Waals surface area (Å²) in [5.41, 5.74) is 3.45. The Morgan fingerprint density at radius 3 is 2.85 bits per heavy atom. The topological polar surface area (TPSA) is 25.4 Å². The molecule has 0 saturated carbocycles. The van der Waals surface area contributed by atoms with Gasteiger partial charge in [0.15, 0.2) is 0 Å². The van der Waals surface area contributed by atoms with Crippen LogP contribution in [0, 0.1) is 10.5 Å². The molecule has 0 spiro atoms. The van der Waals surface area contributed by atoms with Crippen molar-refractivity contribution in [3.05, 3.63) is 33.5 Å². The van der Waals surface area contributed by atoms with E-state index in [0.29, 0.717) is 6.10 Å². The summed E-state index contributed by atoms with van der Waals surface area (Å²) in [5, 5.41) is 1.24. The van der Waals surface area contributed by atoms with Crippen LogP contribution in [0.15, 0.2) is 24.3 Å². The molecule has 0 amide bonds. The van der Waals surface area contributed by atoms with Gasteiger partial charge in [0, 0.05) is 40.5 Å². The second-order valence-electron chi connectivity index (χ2n) is 5.04. The molecule has 0 bridgehead atoms. The average Bonchev–Trinajstić information content (AvgIpc) is 2.85. The van der Waals surface area contributed by atoms with Gasteiger partial charge in [-0.2, -0.15) is 0 Å². The van der Waals surface area contributed by atoms with Gasteiger partial charge in [0.1, 0.15) is 0 Å². The van der Waals surface area contributed by atoms with E-state index < -0.39 is 0 Å². The number of nitrogens with zero attached hydrogens (tertiary/aromatic N) is 2. The first-order chi connectivity index (χ1) is 9.17. The number of fused-ring (bicyclic) bond motifs is 1. The average molecular weight is 405 g/mol. The van der Waals surface area contributed by atoms with Crippen molar-refractivity contribution in [2.24, 2.45) is 0 Å². The third-order valence-electron chi connectivity index (χ3n) is 3.70. The normalized spacial score (nSPS) is 18.4. The van der Waals surface area contributed by atoms with Gasteiger partial charge in [0.25, 0.3) is 0 Å². The van der Waals surface area contributed by atoms with E-state index in [9.17, 15) is 0 Å². The van der Waals surface area contributed by atoms with Gasteiger partial charge in [-0.3, -0.25) is 4.98 Å². The molecule has 5 heteroatoms. The minimum atomic E-state index is 0. The predicted octanol–water partition coefficient (Wildman–Crippen LogP) is 3.79. The number of rotatable bonds is 2. The lowest BCUT2D eigenvalue weighted by Crippen LogP contribution is -2.22. The fourth-order valence-corrected chi connectivity index (χ4v) is 3.19. The third kappa shape index (κ3) is 3.02. The lowest BCUT2D eigenvalue weighted by molar-refractivity contribution is 0.121. The van der Waals surface area contributed by atoms with E-state index in [1.807, 2.05) is 0 Å². The summed E-state index contributed by atoms with van der Waals surface area (Å²) in [5.74, 6) is 0. The highest BCUT2D eigenvalue weighted by Crippen LogP contribution is 2.30. The van der Waals surface area contributed by atoms with Gasteiger partial charge < -0.3 is 9.64 Å². The molecule has 1 atom stereocenters. The highest BCUT2D eigenvalue weighted by atomic mass is 127. The van der Waals surface area contributed by atoms with Crippen molar-refractivity contribution in [2.75, 3.05) is 25.1 Å². The molecule has 1 saturated heterocycles. The minimum Gasteiger partial charge on any atom is -0.380 e. The molecule has 1 aliphatic heterocycles. The van der Waals surface area contributed by atoms with E-state index in [1.165, 1.54) is 14.6 Å². The van der Waals surface area contributed by atoms with Crippen molar-refractivity contribution in [3.63, 3.8) is 0 Å². The Labute approximate surface area is 139 Å². The molecular weight excluding hydrogens is 387 g/mol. The summed E-state index contributed by atoms with van der Waals surface area (Å²) in [7, 11) is 1.80. The lowest BCUT2D eigenvalue weighted by atomic mass is 10.1. The van der Waals surface area contributed by atoms with Crippen LogP contribution in [-0.4, -0.2) is 31.3 Å². The van der Waals surface area contributed by atoms with Crippen molar-refractivity contribution in [1.82, 2.24) is 4.98 Å². The first kappa shape index (κ1) is 15.8. The van der Waals surface area contributed by atoms with Gasteiger partial charge in [-0.05, 0) is 60.2 Å². The number of hydrogen-bond donors (Lipinski definition) is 0. The zero-order valence-electron chi connectivity index (χ0n) is 11.6. The summed E-state index contributed by atoms with van der Waals surface area (Å²) in [6.07, 6.45) is 1.45. The smallest absolute Gasteiger partial charge is 0.0762 e. The molecule has 0 N–H and O–H groups in total. The number of aryl methyl sites for hydroxylation is 1. The minimum absolute atomic E-state index is 0. The van der Waals surface area contributed by atoms with Crippen molar-refractivity contribution in [2.45, 2.75) is 19.4 Å². The zero-order valence-corrected chi connectivity index (χ0v) is 14.6. The van der Waals surface area contributed by atoms with Crippen LogP contribution in [-0.2, 0) is 4.74 Å². The quantitative estimate of drug-likeness (QED) is 0.712. The van der Waals surface area contributed by atoms with Crippen LogP contribution in [0.25, 0.3) is 10.9 Å². The molecule has 1 aromatic carbocycles. The van der Waals surface area contributed by atoms with Crippen molar-refractivity contribution >= 4 is 51.6 Å². The maximum atomic E-state index is 5.47. The standard InChI is InChI=1S/C15H17IN2O.ClH/c1-10-7-15(18-6-5-12(9-18)19-2)13-4-3-11(16)8-14(13)17-10;/h3-4,7-8,12H,5-6,9H2,1-2H3;1H. The van der Waals surface area contributed by atoms with Gasteiger partial charge in [0.05, 0.1) is 11.6 Å². The molecule has 108 valence electrons. The molecule has 3 nitrogen and oxygen atoms in total. The highest BCUT2D eigenvalue weighted by molar-refractivity contribution is 14.1. The molecule has 1 aliphatic rings. The van der Waals surface area contributed by atoms with Crippen LogP contribution in [0.2, 0.25) is 0 Å². The number of benzene rings is 1. The van der Waals surface area contributed by atoms with Crippen molar-refractivity contribution in [3.8, 4) is 0 Å². The molecule has 1 unspecified atom stereocenters. The molecule has 3 rings (SSSR count). The molecular formula is C15H18ClIN2O. The van der Waals surface area contributed by atoms with Crippen LogP contribution in [0.3, 0.4) is 0 Å². The van der Waals surface area contributed by atoms with Gasteiger partial charge in [-0.25, -0.2) is 0 Å². The lowest BCUT2D eigenvalue weighted by Gasteiger charge is -2.21. The molecule has 20 heavy (non-hydrogen) atoms. The van der Waals surface area contributed by atoms with Crippen LogP contribution < -0.4 is 4.90 Å². The molecule has 0 radical (unpaired) electrons. The van der Waals surface area contributed by atoms with E-state index in [1.54, 1.807) is 7.11 Å². The maximum absolute atomic E-state index is 5.47. The molecule has 2 heterocycles. The first-order valence-corrected chi connectivity index (χ1v) is 7.60. The SMILES string of the molecule is COC1CCN(c2cc(C)nc3cc(I)ccc23)C1.Cl. The predicted molar refractivity (Wildman–Crippen MR) is 94.1 cm³/mol. The number of halogens is 2. The monoisotopic (exact) mass is 404 g/mol. The van der Waals surface area contributed by atoms with E-state index in [2.05, 4.69) is 63.7 Å². The van der Waals surface area contributed by atoms with Crippen molar-refractivity contribution < 1.29 is 4.74 Å². The second kappa shape index (κ2) is 6.45. The number of methoxy groups -OCH3 is 1. The Balaban J connectivity index is 0.00000147. The Morgan fingerprint density at radius 2 is 2.15 bits per heavy atom. The van der Waals surface area contributed by atoms with Crippen molar-refractivity contribution in [1.29, 1.82) is 0 Å². The summed E-state index contributed by atoms with van der Waals surface area (Å²) in [4.78, 5) is 7.06. The highest BCUT2D eigenvalue weighted by Gasteiger charge is 2.23. The molecule has 1 fully saturated rings. The van der Waals surface area contributed by atoms with Crippen LogP contribution in [0.5, 0.6) is 0 Å². The molecule has 2 aromatic rings. The van der Waals surface area contributed by atoms with Crippen LogP contribution in [0.1, 0.15) is 12.1 Å². The second-order valence-corrected chi connectivity index (χ2v) is 6.28. The fourth-order valence-electron chi connectivity index (χ4n) is 2.71. The van der Waals surface area contributed by atoms with E-state index in [4.69, 9.17) is 4.74 Å². The number of ether oxygens (including phenoxy) is 1. The first-order valence-electron chi connectivity index (χ1n) is 6.52. The summed E-state index contributed by atoms with van der Waals surface area (Å²) >= 11 is 2.34. The van der Waals surface area contributed by atoms with Gasteiger partial charge >= 0.3 is 0 Å². The zero-order chi connectivity index (χ0) is 13.4. The molecule has 0 aliphatic carbocycles. The number of aromatic nitrogens is 1. The van der Waals surface area contributed by atoms with E-state index >= 15 is 0 Å². The van der Waals surface area contributed by atoms with Crippen LogP contribution >= 0.6 is 35.0 Å². The molecule has 1 aromatic heterocycles. The maximum Gasteiger partial charge on any atom is 0.0762 e. The van der Waals surface area contributed by atoms with E-state index in [0.717, 1.165) is 30.7 Å². The third-order valence-corrected chi connectivity index (χ3v) is 4.37. The largest absolute Gasteiger partial charge is 0.380 e. The Hall–Kier alpha value is -0.590. The summed E-state index contributed by atoms with van der Waals surface area (Å²) in [6.45, 7) is 4.09. The number of pyridine rings is 1. The van der Waals surface area contributed by atoms with Gasteiger partial charge in [-0.1, -0.05) is 0 Å². The number of hydrogen-bond acceptors (Lipinski definition) is 3. The Bertz CT molecular complexity index is 615. The van der Waals surface area contributed by atoms with E-state index in [-0.39, 0.29) is 12.4 Å². The fraction of sp³-hybridized carbons (Fsp3) is 0.400.